The highest BCUT2D eigenvalue weighted by atomic mass is 32.2. The molecule has 26 heavy (non-hydrogen) atoms. The summed E-state index contributed by atoms with van der Waals surface area (Å²) < 4.78 is 38.2. The Morgan fingerprint density at radius 3 is 2.65 bits per heavy atom. The highest BCUT2D eigenvalue weighted by Gasteiger charge is 2.30. The van der Waals surface area contributed by atoms with Gasteiger partial charge < -0.3 is 20.1 Å². The van der Waals surface area contributed by atoms with Crippen LogP contribution in [0.1, 0.15) is 13.8 Å². The van der Waals surface area contributed by atoms with Crippen LogP contribution in [-0.4, -0.2) is 65.1 Å². The zero-order chi connectivity index (χ0) is 19.2. The summed E-state index contributed by atoms with van der Waals surface area (Å²) in [5.41, 5.74) is 0.424. The van der Waals surface area contributed by atoms with E-state index in [4.69, 9.17) is 9.47 Å². The van der Waals surface area contributed by atoms with Crippen LogP contribution in [0.2, 0.25) is 0 Å². The van der Waals surface area contributed by atoms with E-state index in [-0.39, 0.29) is 22.5 Å². The first-order valence-electron chi connectivity index (χ1n) is 8.70. The number of morpholine rings is 1. The minimum Gasteiger partial charge on any atom is -0.492 e. The van der Waals surface area contributed by atoms with Crippen molar-refractivity contribution in [3.8, 4) is 5.75 Å². The predicted molar refractivity (Wildman–Crippen MR) is 98.9 cm³/mol. The fourth-order valence-corrected chi connectivity index (χ4v) is 4.22. The van der Waals surface area contributed by atoms with Crippen LogP contribution in [0, 0.1) is 5.92 Å². The van der Waals surface area contributed by atoms with Crippen molar-refractivity contribution in [3.63, 3.8) is 0 Å². The molecule has 0 saturated carbocycles. The molecule has 1 saturated heterocycles. The number of nitrogens with one attached hydrogen (secondary N) is 2. The topological polar surface area (TPSA) is 97.0 Å². The van der Waals surface area contributed by atoms with Crippen molar-refractivity contribution in [2.24, 2.45) is 5.92 Å². The maximum absolute atomic E-state index is 13.0. The molecule has 1 fully saturated rings. The number of ether oxygens (including phenoxy) is 2. The molecule has 1 unspecified atom stereocenters. The summed E-state index contributed by atoms with van der Waals surface area (Å²) in [6.07, 6.45) is 0. The number of carbonyl (C=O) groups excluding carboxylic acids is 1. The standard InChI is InChI=1S/C17H27N3O5S/c1-4-25-15-6-5-14(19-17(21)13(2)12-18-3)11-16(15)26(22,23)20-7-9-24-10-8-20/h5-6,11,13,18H,4,7-10,12H2,1-3H3,(H,19,21). The summed E-state index contributed by atoms with van der Waals surface area (Å²) in [6.45, 7) is 5.78. The largest absolute Gasteiger partial charge is 0.492 e. The number of nitrogens with zero attached hydrogens (tertiary/aromatic N) is 1. The summed E-state index contributed by atoms with van der Waals surface area (Å²) >= 11 is 0. The smallest absolute Gasteiger partial charge is 0.246 e. The van der Waals surface area contributed by atoms with Gasteiger partial charge in [-0.05, 0) is 32.2 Å². The Morgan fingerprint density at radius 1 is 1.35 bits per heavy atom. The van der Waals surface area contributed by atoms with E-state index in [0.29, 0.717) is 45.1 Å². The molecule has 1 amide bonds. The molecule has 0 aliphatic carbocycles. The third-order valence-corrected chi connectivity index (χ3v) is 5.98. The summed E-state index contributed by atoms with van der Waals surface area (Å²) in [7, 11) is -1.97. The number of rotatable bonds is 8. The minimum atomic E-state index is -3.74. The molecule has 146 valence electrons. The molecule has 1 atom stereocenters. The van der Waals surface area contributed by atoms with E-state index in [1.54, 1.807) is 33.0 Å². The zero-order valence-corrected chi connectivity index (χ0v) is 16.3. The molecule has 2 rings (SSSR count). The molecule has 1 heterocycles. The lowest BCUT2D eigenvalue weighted by Crippen LogP contribution is -2.40. The lowest BCUT2D eigenvalue weighted by Gasteiger charge is -2.27. The Hall–Kier alpha value is -1.68. The number of carbonyl (C=O) groups is 1. The number of anilines is 1. The molecule has 0 bridgehead atoms. The fraction of sp³-hybridized carbons (Fsp3) is 0.588. The molecule has 0 radical (unpaired) electrons. The zero-order valence-electron chi connectivity index (χ0n) is 15.4. The van der Waals surface area contributed by atoms with Crippen LogP contribution in [0.15, 0.2) is 23.1 Å². The lowest BCUT2D eigenvalue weighted by molar-refractivity contribution is -0.119. The van der Waals surface area contributed by atoms with E-state index in [9.17, 15) is 13.2 Å². The van der Waals surface area contributed by atoms with Gasteiger partial charge in [0.25, 0.3) is 0 Å². The average Bonchev–Trinajstić information content (AvgIpc) is 2.64. The van der Waals surface area contributed by atoms with Crippen LogP contribution in [0.3, 0.4) is 0 Å². The van der Waals surface area contributed by atoms with Gasteiger partial charge >= 0.3 is 0 Å². The van der Waals surface area contributed by atoms with Gasteiger partial charge in [0.15, 0.2) is 0 Å². The van der Waals surface area contributed by atoms with Gasteiger partial charge in [0, 0.05) is 31.2 Å². The van der Waals surface area contributed by atoms with E-state index in [0.717, 1.165) is 0 Å². The molecule has 1 aliphatic heterocycles. The number of benzene rings is 1. The first-order chi connectivity index (χ1) is 12.4. The monoisotopic (exact) mass is 385 g/mol. The van der Waals surface area contributed by atoms with Crippen molar-refractivity contribution in [1.82, 2.24) is 9.62 Å². The predicted octanol–water partition coefficient (Wildman–Crippen LogP) is 0.900. The molecular weight excluding hydrogens is 358 g/mol. The molecule has 1 aromatic rings. The fourth-order valence-electron chi connectivity index (χ4n) is 2.65. The first-order valence-corrected chi connectivity index (χ1v) is 10.1. The third kappa shape index (κ3) is 4.94. The van der Waals surface area contributed by atoms with Crippen molar-refractivity contribution in [1.29, 1.82) is 0 Å². The van der Waals surface area contributed by atoms with Crippen LogP contribution >= 0.6 is 0 Å². The highest BCUT2D eigenvalue weighted by molar-refractivity contribution is 7.89. The van der Waals surface area contributed by atoms with Crippen LogP contribution < -0.4 is 15.4 Å². The summed E-state index contributed by atoms with van der Waals surface area (Å²) in [4.78, 5) is 12.3. The highest BCUT2D eigenvalue weighted by Crippen LogP contribution is 2.30. The molecule has 9 heteroatoms. The minimum absolute atomic E-state index is 0.0559. The second-order valence-corrected chi connectivity index (χ2v) is 7.97. The van der Waals surface area contributed by atoms with Crippen molar-refractivity contribution >= 4 is 21.6 Å². The number of amides is 1. The molecular formula is C17H27N3O5S. The Kier molecular flexibility index (Phi) is 7.39. The quantitative estimate of drug-likeness (QED) is 0.690. The summed E-state index contributed by atoms with van der Waals surface area (Å²) in [5.74, 6) is -0.149. The molecule has 0 spiro atoms. The van der Waals surface area contributed by atoms with Gasteiger partial charge in [0.2, 0.25) is 15.9 Å². The van der Waals surface area contributed by atoms with E-state index < -0.39 is 10.0 Å². The molecule has 1 aromatic carbocycles. The number of sulfonamides is 1. The van der Waals surface area contributed by atoms with E-state index in [2.05, 4.69) is 10.6 Å². The average molecular weight is 385 g/mol. The Bertz CT molecular complexity index is 717. The first kappa shape index (κ1) is 20.6. The number of hydrogen-bond acceptors (Lipinski definition) is 6. The van der Waals surface area contributed by atoms with Gasteiger partial charge in [-0.3, -0.25) is 4.79 Å². The molecule has 2 N–H and O–H groups in total. The van der Waals surface area contributed by atoms with Crippen LogP contribution in [0.25, 0.3) is 0 Å². The SMILES string of the molecule is CCOc1ccc(NC(=O)C(C)CNC)cc1S(=O)(=O)N1CCOCC1. The van der Waals surface area contributed by atoms with Crippen LogP contribution in [0.5, 0.6) is 5.75 Å². The molecule has 0 aromatic heterocycles. The molecule has 8 nitrogen and oxygen atoms in total. The summed E-state index contributed by atoms with van der Waals surface area (Å²) in [5, 5.41) is 5.71. The van der Waals surface area contributed by atoms with Gasteiger partial charge in [-0.15, -0.1) is 0 Å². The van der Waals surface area contributed by atoms with E-state index in [1.807, 2.05) is 0 Å². The Morgan fingerprint density at radius 2 is 2.04 bits per heavy atom. The Balaban J connectivity index is 2.31. The third-order valence-electron chi connectivity index (χ3n) is 4.06. The molecule has 1 aliphatic rings. The maximum Gasteiger partial charge on any atom is 0.246 e. The van der Waals surface area contributed by atoms with Crippen molar-refractivity contribution in [2.45, 2.75) is 18.7 Å². The van der Waals surface area contributed by atoms with Crippen LogP contribution in [-0.2, 0) is 19.6 Å². The van der Waals surface area contributed by atoms with Crippen LogP contribution in [0.4, 0.5) is 5.69 Å². The van der Waals surface area contributed by atoms with Gasteiger partial charge in [-0.25, -0.2) is 8.42 Å². The van der Waals surface area contributed by atoms with Gasteiger partial charge in [-0.2, -0.15) is 4.31 Å². The van der Waals surface area contributed by atoms with E-state index >= 15 is 0 Å². The maximum atomic E-state index is 13.0. The van der Waals surface area contributed by atoms with Gasteiger partial charge in [0.05, 0.1) is 19.8 Å². The lowest BCUT2D eigenvalue weighted by atomic mass is 10.1. The van der Waals surface area contributed by atoms with Crippen molar-refractivity contribution in [2.75, 3.05) is 51.8 Å². The second kappa shape index (κ2) is 9.31. The van der Waals surface area contributed by atoms with Gasteiger partial charge in [0.1, 0.15) is 10.6 Å². The second-order valence-electron chi connectivity index (χ2n) is 6.06. The Labute approximate surface area is 154 Å². The number of hydrogen-bond donors (Lipinski definition) is 2. The van der Waals surface area contributed by atoms with Crippen molar-refractivity contribution in [3.05, 3.63) is 18.2 Å². The van der Waals surface area contributed by atoms with Crippen molar-refractivity contribution < 1.29 is 22.7 Å². The van der Waals surface area contributed by atoms with Gasteiger partial charge in [-0.1, -0.05) is 6.92 Å². The van der Waals surface area contributed by atoms with E-state index in [1.165, 1.54) is 10.4 Å². The normalized spacial score (nSPS) is 16.9. The summed E-state index contributed by atoms with van der Waals surface area (Å²) in [6, 6.07) is 4.68.